The van der Waals surface area contributed by atoms with Gasteiger partial charge in [-0.15, -0.1) is 0 Å². The van der Waals surface area contributed by atoms with E-state index in [0.29, 0.717) is 5.89 Å². The second kappa shape index (κ2) is 5.68. The number of aromatic carboxylic acids is 1. The standard InChI is InChI=1S/C13H13FN2O4/c1-7(2)12-15-10(16-20-12)6-19-9-5-3-4-8(14)11(9)13(17)18/h3-5,7H,6H2,1-2H3,(H,17,18). The molecular formula is C13H13FN2O4. The van der Waals surface area contributed by atoms with Gasteiger partial charge >= 0.3 is 5.97 Å². The number of benzene rings is 1. The summed E-state index contributed by atoms with van der Waals surface area (Å²) >= 11 is 0. The molecule has 0 amide bonds. The van der Waals surface area contributed by atoms with Crippen LogP contribution in [0.4, 0.5) is 4.39 Å². The maximum Gasteiger partial charge on any atom is 0.342 e. The van der Waals surface area contributed by atoms with Crippen molar-refractivity contribution in [3.8, 4) is 5.75 Å². The van der Waals surface area contributed by atoms with E-state index in [4.69, 9.17) is 14.4 Å². The molecule has 106 valence electrons. The topological polar surface area (TPSA) is 85.5 Å². The first kappa shape index (κ1) is 14.0. The highest BCUT2D eigenvalue weighted by atomic mass is 19.1. The summed E-state index contributed by atoms with van der Waals surface area (Å²) in [4.78, 5) is 15.1. The zero-order valence-corrected chi connectivity index (χ0v) is 11.0. The Labute approximate surface area is 114 Å². The van der Waals surface area contributed by atoms with Gasteiger partial charge in [0, 0.05) is 5.92 Å². The largest absolute Gasteiger partial charge is 0.484 e. The van der Waals surface area contributed by atoms with Crippen molar-refractivity contribution in [1.82, 2.24) is 10.1 Å². The zero-order valence-electron chi connectivity index (χ0n) is 11.0. The van der Waals surface area contributed by atoms with Gasteiger partial charge < -0.3 is 14.4 Å². The van der Waals surface area contributed by atoms with Crippen LogP contribution in [0.1, 0.15) is 41.8 Å². The van der Waals surface area contributed by atoms with Crippen LogP contribution in [0.15, 0.2) is 22.7 Å². The maximum atomic E-state index is 13.4. The molecule has 0 bridgehead atoms. The number of rotatable bonds is 5. The van der Waals surface area contributed by atoms with Gasteiger partial charge in [0.15, 0.2) is 6.61 Å². The van der Waals surface area contributed by atoms with Gasteiger partial charge in [-0.1, -0.05) is 25.1 Å². The van der Waals surface area contributed by atoms with Gasteiger partial charge in [-0.3, -0.25) is 0 Å². The highest BCUT2D eigenvalue weighted by molar-refractivity contribution is 5.91. The average molecular weight is 280 g/mol. The molecule has 0 aliphatic rings. The van der Waals surface area contributed by atoms with Crippen molar-refractivity contribution in [3.05, 3.63) is 41.3 Å². The predicted molar refractivity (Wildman–Crippen MR) is 66.1 cm³/mol. The molecule has 20 heavy (non-hydrogen) atoms. The molecule has 0 unspecified atom stereocenters. The molecular weight excluding hydrogens is 267 g/mol. The highest BCUT2D eigenvalue weighted by Gasteiger charge is 2.18. The number of carboxylic acids is 1. The fourth-order valence-electron chi connectivity index (χ4n) is 1.54. The molecule has 1 aromatic carbocycles. The fraction of sp³-hybridized carbons (Fsp3) is 0.308. The summed E-state index contributed by atoms with van der Waals surface area (Å²) in [6, 6.07) is 3.80. The predicted octanol–water partition coefficient (Wildman–Crippen LogP) is 2.61. The van der Waals surface area contributed by atoms with E-state index in [1.807, 2.05) is 13.8 Å². The van der Waals surface area contributed by atoms with E-state index in [0.717, 1.165) is 6.07 Å². The Morgan fingerprint density at radius 2 is 2.25 bits per heavy atom. The van der Waals surface area contributed by atoms with E-state index in [2.05, 4.69) is 10.1 Å². The van der Waals surface area contributed by atoms with Crippen LogP contribution in [0.3, 0.4) is 0 Å². The smallest absolute Gasteiger partial charge is 0.342 e. The lowest BCUT2D eigenvalue weighted by atomic mass is 10.2. The van der Waals surface area contributed by atoms with Crippen molar-refractivity contribution >= 4 is 5.97 Å². The molecule has 7 heteroatoms. The van der Waals surface area contributed by atoms with Gasteiger partial charge in [-0.2, -0.15) is 4.98 Å². The Bertz CT molecular complexity index is 625. The van der Waals surface area contributed by atoms with E-state index < -0.39 is 17.3 Å². The van der Waals surface area contributed by atoms with Crippen LogP contribution in [0.2, 0.25) is 0 Å². The van der Waals surface area contributed by atoms with Crippen LogP contribution in [0.25, 0.3) is 0 Å². The van der Waals surface area contributed by atoms with Gasteiger partial charge in [-0.05, 0) is 12.1 Å². The quantitative estimate of drug-likeness (QED) is 0.906. The number of ether oxygens (including phenoxy) is 1. The monoisotopic (exact) mass is 280 g/mol. The van der Waals surface area contributed by atoms with Crippen molar-refractivity contribution in [1.29, 1.82) is 0 Å². The summed E-state index contributed by atoms with van der Waals surface area (Å²) in [5.74, 6) is -1.51. The van der Waals surface area contributed by atoms with Crippen molar-refractivity contribution in [2.45, 2.75) is 26.4 Å². The summed E-state index contributed by atoms with van der Waals surface area (Å²) in [5, 5.41) is 12.6. The summed E-state index contributed by atoms with van der Waals surface area (Å²) in [7, 11) is 0. The molecule has 0 fully saturated rings. The summed E-state index contributed by atoms with van der Waals surface area (Å²) in [6.45, 7) is 3.69. The molecule has 1 heterocycles. The number of nitrogens with zero attached hydrogens (tertiary/aromatic N) is 2. The van der Waals surface area contributed by atoms with Crippen LogP contribution in [-0.2, 0) is 6.61 Å². The van der Waals surface area contributed by atoms with E-state index in [9.17, 15) is 9.18 Å². The Balaban J connectivity index is 2.14. The molecule has 1 N–H and O–H groups in total. The summed E-state index contributed by atoms with van der Waals surface area (Å²) < 4.78 is 23.7. The Kier molecular flexibility index (Phi) is 3.97. The number of carboxylic acid groups (broad SMARTS) is 1. The summed E-state index contributed by atoms with van der Waals surface area (Å²) in [6.07, 6.45) is 0. The Hall–Kier alpha value is -2.44. The molecule has 0 saturated carbocycles. The van der Waals surface area contributed by atoms with Gasteiger partial charge in [0.1, 0.15) is 17.1 Å². The number of carbonyl (C=O) groups is 1. The van der Waals surface area contributed by atoms with Gasteiger partial charge in [0.2, 0.25) is 11.7 Å². The third-order valence-electron chi connectivity index (χ3n) is 2.52. The van der Waals surface area contributed by atoms with Crippen molar-refractivity contribution in [3.63, 3.8) is 0 Å². The average Bonchev–Trinajstić information content (AvgIpc) is 2.84. The molecule has 0 spiro atoms. The van der Waals surface area contributed by atoms with E-state index in [-0.39, 0.29) is 24.1 Å². The first-order valence-electron chi connectivity index (χ1n) is 5.96. The van der Waals surface area contributed by atoms with Crippen molar-refractivity contribution in [2.75, 3.05) is 0 Å². The molecule has 1 aromatic heterocycles. The highest BCUT2D eigenvalue weighted by Crippen LogP contribution is 2.22. The van der Waals surface area contributed by atoms with Crippen LogP contribution >= 0.6 is 0 Å². The van der Waals surface area contributed by atoms with E-state index >= 15 is 0 Å². The lowest BCUT2D eigenvalue weighted by molar-refractivity contribution is 0.0686. The molecule has 0 aliphatic heterocycles. The number of hydrogen-bond donors (Lipinski definition) is 1. The Morgan fingerprint density at radius 3 is 2.85 bits per heavy atom. The fourth-order valence-corrected chi connectivity index (χ4v) is 1.54. The minimum absolute atomic E-state index is 0.0756. The van der Waals surface area contributed by atoms with Crippen LogP contribution < -0.4 is 4.74 Å². The minimum Gasteiger partial charge on any atom is -0.484 e. The molecule has 2 rings (SSSR count). The number of halogens is 1. The number of hydrogen-bond acceptors (Lipinski definition) is 5. The second-order valence-electron chi connectivity index (χ2n) is 4.41. The molecule has 0 radical (unpaired) electrons. The van der Waals surface area contributed by atoms with Gasteiger partial charge in [0.25, 0.3) is 0 Å². The van der Waals surface area contributed by atoms with Crippen molar-refractivity contribution < 1.29 is 23.6 Å². The van der Waals surface area contributed by atoms with Gasteiger partial charge in [-0.25, -0.2) is 9.18 Å². The maximum absolute atomic E-state index is 13.4. The SMILES string of the molecule is CC(C)c1nc(COc2cccc(F)c2C(=O)O)no1. The van der Waals surface area contributed by atoms with Crippen LogP contribution in [-0.4, -0.2) is 21.2 Å². The second-order valence-corrected chi connectivity index (χ2v) is 4.41. The molecule has 0 saturated heterocycles. The van der Waals surface area contributed by atoms with Crippen LogP contribution in [0.5, 0.6) is 5.75 Å². The normalized spacial score (nSPS) is 10.8. The minimum atomic E-state index is -1.39. The third kappa shape index (κ3) is 2.93. The first-order chi connectivity index (χ1) is 9.49. The lowest BCUT2D eigenvalue weighted by Crippen LogP contribution is -2.06. The molecule has 0 atom stereocenters. The molecule has 0 aliphatic carbocycles. The Morgan fingerprint density at radius 1 is 1.50 bits per heavy atom. The van der Waals surface area contributed by atoms with E-state index in [1.54, 1.807) is 0 Å². The number of aromatic nitrogens is 2. The van der Waals surface area contributed by atoms with E-state index in [1.165, 1.54) is 12.1 Å². The third-order valence-corrected chi connectivity index (χ3v) is 2.52. The van der Waals surface area contributed by atoms with Crippen molar-refractivity contribution in [2.24, 2.45) is 0 Å². The van der Waals surface area contributed by atoms with Gasteiger partial charge in [0.05, 0.1) is 0 Å². The molecule has 6 nitrogen and oxygen atoms in total. The lowest BCUT2D eigenvalue weighted by Gasteiger charge is -2.07. The van der Waals surface area contributed by atoms with Crippen LogP contribution in [0, 0.1) is 5.82 Å². The first-order valence-corrected chi connectivity index (χ1v) is 5.96. The molecule has 2 aromatic rings. The summed E-state index contributed by atoms with van der Waals surface area (Å²) in [5.41, 5.74) is -0.514. The zero-order chi connectivity index (χ0) is 14.7.